The summed E-state index contributed by atoms with van der Waals surface area (Å²) in [4.78, 5) is 12.8. The van der Waals surface area contributed by atoms with Crippen LogP contribution in [0.4, 0.5) is 0 Å². The summed E-state index contributed by atoms with van der Waals surface area (Å²) in [5, 5.41) is 13.8. The normalized spacial score (nSPS) is 11.5. The predicted octanol–water partition coefficient (Wildman–Crippen LogP) is 7.37. The third-order valence-electron chi connectivity index (χ3n) is 7.09. The van der Waals surface area contributed by atoms with Crippen molar-refractivity contribution in [2.24, 2.45) is 5.10 Å². The number of carbonyl (C=O) groups excluding carboxylic acids is 1. The fraction of sp³-hybridized carbons (Fsp3) is 0.222. The van der Waals surface area contributed by atoms with E-state index >= 15 is 0 Å². The average Bonchev–Trinajstić information content (AvgIpc) is 3.47. The number of benzene rings is 4. The first kappa shape index (κ1) is 31.5. The number of amides is 1. The second-order valence-electron chi connectivity index (χ2n) is 11.6. The first-order valence-electron chi connectivity index (χ1n) is 14.6. The molecule has 5 aromatic rings. The molecule has 0 aliphatic carbocycles. The quantitative estimate of drug-likeness (QED) is 0.0943. The summed E-state index contributed by atoms with van der Waals surface area (Å²) in [5.74, 6) is 1.76. The van der Waals surface area contributed by atoms with Gasteiger partial charge in [-0.3, -0.25) is 9.36 Å². The van der Waals surface area contributed by atoms with Gasteiger partial charge in [0.15, 0.2) is 22.5 Å². The number of hydrazone groups is 1. The summed E-state index contributed by atoms with van der Waals surface area (Å²) in [6, 6.07) is 32.0. The van der Waals surface area contributed by atoms with Crippen LogP contribution >= 0.6 is 11.8 Å². The number of carbonyl (C=O) groups is 1. The van der Waals surface area contributed by atoms with Crippen LogP contribution in [0.25, 0.3) is 17.1 Å². The molecule has 1 aromatic heterocycles. The number of nitrogens with one attached hydrogen (secondary N) is 1. The molecule has 8 nitrogen and oxygen atoms in total. The maximum atomic E-state index is 12.8. The Hall–Kier alpha value is -4.89. The highest BCUT2D eigenvalue weighted by atomic mass is 32.2. The average molecular weight is 620 g/mol. The van der Waals surface area contributed by atoms with Crippen LogP contribution < -0.4 is 14.9 Å². The van der Waals surface area contributed by atoms with Gasteiger partial charge in [-0.05, 0) is 59.4 Å². The Kier molecular flexibility index (Phi) is 9.99. The molecule has 4 aromatic carbocycles. The van der Waals surface area contributed by atoms with Crippen LogP contribution in [0.3, 0.4) is 0 Å². The lowest BCUT2D eigenvalue weighted by molar-refractivity contribution is -0.118. The van der Waals surface area contributed by atoms with Crippen LogP contribution in [0.2, 0.25) is 0 Å². The Morgan fingerprint density at radius 1 is 0.933 bits per heavy atom. The van der Waals surface area contributed by atoms with E-state index in [1.807, 2.05) is 72.2 Å². The third-order valence-corrected chi connectivity index (χ3v) is 8.02. The first-order chi connectivity index (χ1) is 21.7. The van der Waals surface area contributed by atoms with Gasteiger partial charge in [0.1, 0.15) is 6.61 Å². The van der Waals surface area contributed by atoms with Crippen LogP contribution in [0.1, 0.15) is 43.0 Å². The highest BCUT2D eigenvalue weighted by molar-refractivity contribution is 7.99. The summed E-state index contributed by atoms with van der Waals surface area (Å²) in [7, 11) is 1.60. The predicted molar refractivity (Wildman–Crippen MR) is 180 cm³/mol. The molecule has 9 heteroatoms. The second-order valence-corrected chi connectivity index (χ2v) is 12.5. The lowest BCUT2D eigenvalue weighted by atomic mass is 9.87. The summed E-state index contributed by atoms with van der Waals surface area (Å²) in [6.07, 6.45) is 1.57. The zero-order valence-electron chi connectivity index (χ0n) is 26.2. The molecule has 0 bridgehead atoms. The SMILES string of the molecule is COc1ccc(C=NNC(=O)CSc2nnc(-c3ccc(C(C)(C)C)cc3)n2-c2ccc(C)cc2)cc1OCc1ccccc1. The summed E-state index contributed by atoms with van der Waals surface area (Å²) in [6.45, 7) is 9.03. The van der Waals surface area contributed by atoms with Crippen molar-refractivity contribution in [2.75, 3.05) is 12.9 Å². The van der Waals surface area contributed by atoms with Gasteiger partial charge in [0.25, 0.3) is 5.91 Å². The number of hydrogen-bond donors (Lipinski definition) is 1. The molecule has 5 rings (SSSR count). The minimum Gasteiger partial charge on any atom is -0.493 e. The molecule has 0 saturated heterocycles. The van der Waals surface area contributed by atoms with Crippen molar-refractivity contribution in [2.45, 2.75) is 44.9 Å². The standard InChI is InChI=1S/C36H37N5O3S/c1-25-11-18-30(19-12-25)41-34(28-14-16-29(17-15-28)36(2,3)4)39-40-35(41)45-24-33(42)38-37-22-27-13-20-31(43-5)32(21-27)44-23-26-9-7-6-8-10-26/h6-22H,23-24H2,1-5H3,(H,38,42). The molecule has 0 atom stereocenters. The molecular weight excluding hydrogens is 582 g/mol. The Labute approximate surface area is 268 Å². The minimum atomic E-state index is -0.264. The summed E-state index contributed by atoms with van der Waals surface area (Å²) < 4.78 is 13.4. The first-order valence-corrected chi connectivity index (χ1v) is 15.6. The van der Waals surface area contributed by atoms with Gasteiger partial charge in [-0.25, -0.2) is 5.43 Å². The smallest absolute Gasteiger partial charge is 0.250 e. The van der Waals surface area contributed by atoms with Crippen molar-refractivity contribution >= 4 is 23.9 Å². The van der Waals surface area contributed by atoms with Gasteiger partial charge in [-0.1, -0.05) is 105 Å². The lowest BCUT2D eigenvalue weighted by Gasteiger charge is -2.19. The molecule has 0 unspecified atom stereocenters. The third kappa shape index (κ3) is 8.19. The fourth-order valence-electron chi connectivity index (χ4n) is 4.56. The Morgan fingerprint density at radius 3 is 2.36 bits per heavy atom. The number of aryl methyl sites for hydroxylation is 1. The van der Waals surface area contributed by atoms with Crippen LogP contribution in [0.15, 0.2) is 107 Å². The number of thioether (sulfide) groups is 1. The number of methoxy groups -OCH3 is 1. The summed E-state index contributed by atoms with van der Waals surface area (Å²) >= 11 is 1.30. The molecule has 0 aliphatic heterocycles. The minimum absolute atomic E-state index is 0.0474. The number of nitrogens with zero attached hydrogens (tertiary/aromatic N) is 4. The number of ether oxygens (including phenoxy) is 2. The number of hydrogen-bond acceptors (Lipinski definition) is 7. The van der Waals surface area contributed by atoms with E-state index in [1.54, 1.807) is 13.3 Å². The van der Waals surface area contributed by atoms with Crippen molar-refractivity contribution in [1.29, 1.82) is 0 Å². The number of aromatic nitrogens is 3. The molecule has 0 spiro atoms. The number of rotatable bonds is 11. The van der Waals surface area contributed by atoms with Crippen LogP contribution in [0.5, 0.6) is 11.5 Å². The Balaban J connectivity index is 1.26. The highest BCUT2D eigenvalue weighted by Gasteiger charge is 2.19. The van der Waals surface area contributed by atoms with Crippen molar-refractivity contribution < 1.29 is 14.3 Å². The summed E-state index contributed by atoms with van der Waals surface area (Å²) in [5.41, 5.74) is 8.73. The molecule has 45 heavy (non-hydrogen) atoms. The maximum Gasteiger partial charge on any atom is 0.250 e. The van der Waals surface area contributed by atoms with Gasteiger partial charge < -0.3 is 9.47 Å². The van der Waals surface area contributed by atoms with E-state index in [-0.39, 0.29) is 17.1 Å². The van der Waals surface area contributed by atoms with Crippen LogP contribution in [0, 0.1) is 6.92 Å². The molecule has 0 aliphatic rings. The molecule has 1 amide bonds. The van der Waals surface area contributed by atoms with E-state index < -0.39 is 0 Å². The van der Waals surface area contributed by atoms with E-state index in [2.05, 4.69) is 77.9 Å². The van der Waals surface area contributed by atoms with Gasteiger partial charge in [0.2, 0.25) is 0 Å². The van der Waals surface area contributed by atoms with Crippen molar-refractivity contribution in [3.63, 3.8) is 0 Å². The van der Waals surface area contributed by atoms with Gasteiger partial charge in [0.05, 0.1) is 19.1 Å². The van der Waals surface area contributed by atoms with Gasteiger partial charge in [-0.2, -0.15) is 5.10 Å². The molecular formula is C36H37N5O3S. The van der Waals surface area contributed by atoms with Gasteiger partial charge in [0, 0.05) is 11.3 Å². The fourth-order valence-corrected chi connectivity index (χ4v) is 5.30. The van der Waals surface area contributed by atoms with Crippen molar-refractivity contribution in [3.8, 4) is 28.6 Å². The lowest BCUT2D eigenvalue weighted by Crippen LogP contribution is -2.20. The zero-order chi connectivity index (χ0) is 31.8. The topological polar surface area (TPSA) is 90.6 Å². The highest BCUT2D eigenvalue weighted by Crippen LogP contribution is 2.31. The van der Waals surface area contributed by atoms with Crippen molar-refractivity contribution in [1.82, 2.24) is 20.2 Å². The Bertz CT molecular complexity index is 1760. The maximum absolute atomic E-state index is 12.8. The molecule has 0 saturated carbocycles. The van der Waals surface area contributed by atoms with E-state index in [0.29, 0.717) is 29.1 Å². The second kappa shape index (κ2) is 14.3. The molecule has 0 radical (unpaired) electrons. The Morgan fingerprint density at radius 2 is 1.67 bits per heavy atom. The van der Waals surface area contributed by atoms with Gasteiger partial charge in [-0.15, -0.1) is 10.2 Å². The molecule has 1 heterocycles. The van der Waals surface area contributed by atoms with E-state index in [9.17, 15) is 4.79 Å². The van der Waals surface area contributed by atoms with E-state index in [4.69, 9.17) is 9.47 Å². The van der Waals surface area contributed by atoms with Crippen LogP contribution in [-0.4, -0.2) is 39.7 Å². The van der Waals surface area contributed by atoms with E-state index in [0.717, 1.165) is 27.9 Å². The van der Waals surface area contributed by atoms with Gasteiger partial charge >= 0.3 is 0 Å². The monoisotopic (exact) mass is 619 g/mol. The molecule has 0 fully saturated rings. The zero-order valence-corrected chi connectivity index (χ0v) is 27.0. The van der Waals surface area contributed by atoms with Crippen molar-refractivity contribution in [3.05, 3.63) is 119 Å². The largest absolute Gasteiger partial charge is 0.493 e. The van der Waals surface area contributed by atoms with E-state index in [1.165, 1.54) is 17.3 Å². The van der Waals surface area contributed by atoms with Crippen LogP contribution in [-0.2, 0) is 16.8 Å². The molecule has 230 valence electrons. The molecule has 1 N–H and O–H groups in total.